The number of benzene rings is 1. The van der Waals surface area contributed by atoms with E-state index in [1.807, 2.05) is 18.2 Å². The van der Waals surface area contributed by atoms with Crippen molar-refractivity contribution in [2.75, 3.05) is 26.2 Å². The second kappa shape index (κ2) is 7.90. The van der Waals surface area contributed by atoms with Crippen molar-refractivity contribution in [2.24, 2.45) is 11.3 Å². The SMILES string of the molecule is Cl.O=C(c1ncc(F)cc1F)N1CC2CNCC2(CCc2ccccc2)C1. The number of amides is 1. The average molecular weight is 394 g/mol. The first-order valence-corrected chi connectivity index (χ1v) is 8.92. The van der Waals surface area contributed by atoms with E-state index >= 15 is 0 Å². The summed E-state index contributed by atoms with van der Waals surface area (Å²) in [7, 11) is 0. The third kappa shape index (κ3) is 3.82. The Bertz CT molecular complexity index is 820. The molecule has 0 saturated carbocycles. The summed E-state index contributed by atoms with van der Waals surface area (Å²) in [4.78, 5) is 18.1. The smallest absolute Gasteiger partial charge is 0.275 e. The lowest BCUT2D eigenvalue weighted by Gasteiger charge is -2.28. The predicted octanol–water partition coefficient (Wildman–Crippen LogP) is 3.08. The Morgan fingerprint density at radius 3 is 2.81 bits per heavy atom. The number of pyridine rings is 1. The largest absolute Gasteiger partial charge is 0.336 e. The predicted molar refractivity (Wildman–Crippen MR) is 101 cm³/mol. The molecule has 4 nitrogen and oxygen atoms in total. The van der Waals surface area contributed by atoms with Gasteiger partial charge in [0.15, 0.2) is 11.5 Å². The van der Waals surface area contributed by atoms with Gasteiger partial charge in [0.25, 0.3) is 5.91 Å². The maximum Gasteiger partial charge on any atom is 0.275 e. The van der Waals surface area contributed by atoms with Gasteiger partial charge in [-0.3, -0.25) is 4.79 Å². The number of hydrogen-bond acceptors (Lipinski definition) is 3. The van der Waals surface area contributed by atoms with Gasteiger partial charge in [-0.25, -0.2) is 13.8 Å². The highest BCUT2D eigenvalue weighted by molar-refractivity contribution is 5.92. The number of nitrogens with zero attached hydrogens (tertiary/aromatic N) is 2. The topological polar surface area (TPSA) is 45.2 Å². The minimum absolute atomic E-state index is 0. The highest BCUT2D eigenvalue weighted by Crippen LogP contribution is 2.43. The van der Waals surface area contributed by atoms with E-state index in [1.165, 1.54) is 5.56 Å². The highest BCUT2D eigenvalue weighted by Gasteiger charge is 2.50. The van der Waals surface area contributed by atoms with Crippen LogP contribution in [0, 0.1) is 23.0 Å². The molecule has 27 heavy (non-hydrogen) atoms. The molecule has 2 aromatic rings. The maximum absolute atomic E-state index is 13.9. The number of aryl methyl sites for hydroxylation is 1. The second-order valence-corrected chi connectivity index (χ2v) is 7.35. The molecule has 1 amide bonds. The second-order valence-electron chi connectivity index (χ2n) is 7.35. The highest BCUT2D eigenvalue weighted by atomic mass is 35.5. The van der Waals surface area contributed by atoms with Gasteiger partial charge in [-0.15, -0.1) is 12.4 Å². The molecule has 144 valence electrons. The van der Waals surface area contributed by atoms with Gasteiger partial charge in [0.2, 0.25) is 0 Å². The van der Waals surface area contributed by atoms with Gasteiger partial charge in [0.1, 0.15) is 5.82 Å². The first kappa shape index (κ1) is 19.7. The zero-order chi connectivity index (χ0) is 18.1. The molecule has 0 spiro atoms. The van der Waals surface area contributed by atoms with E-state index in [2.05, 4.69) is 22.4 Å². The van der Waals surface area contributed by atoms with Crippen LogP contribution in [0.25, 0.3) is 0 Å². The minimum Gasteiger partial charge on any atom is -0.336 e. The molecule has 2 unspecified atom stereocenters. The van der Waals surface area contributed by atoms with Crippen LogP contribution in [0.2, 0.25) is 0 Å². The summed E-state index contributed by atoms with van der Waals surface area (Å²) in [5.41, 5.74) is 0.989. The number of aromatic nitrogens is 1. The van der Waals surface area contributed by atoms with Crippen LogP contribution in [0.4, 0.5) is 8.78 Å². The summed E-state index contributed by atoms with van der Waals surface area (Å²) in [6, 6.07) is 11.0. The molecule has 1 aromatic carbocycles. The molecule has 0 bridgehead atoms. The molecule has 2 fully saturated rings. The van der Waals surface area contributed by atoms with Gasteiger partial charge in [0, 0.05) is 37.7 Å². The molecular formula is C20H22ClF2N3O. The van der Waals surface area contributed by atoms with Crippen LogP contribution in [0.3, 0.4) is 0 Å². The number of rotatable bonds is 4. The van der Waals surface area contributed by atoms with Gasteiger partial charge >= 0.3 is 0 Å². The number of hydrogen-bond donors (Lipinski definition) is 1. The molecule has 2 aliphatic heterocycles. The monoisotopic (exact) mass is 393 g/mol. The number of carbonyl (C=O) groups excluding carboxylic acids is 1. The molecule has 2 saturated heterocycles. The molecular weight excluding hydrogens is 372 g/mol. The van der Waals surface area contributed by atoms with Crippen molar-refractivity contribution in [2.45, 2.75) is 12.8 Å². The number of fused-ring (bicyclic) bond motifs is 1. The summed E-state index contributed by atoms with van der Waals surface area (Å²) in [6.07, 6.45) is 2.81. The van der Waals surface area contributed by atoms with Crippen molar-refractivity contribution >= 4 is 18.3 Å². The Morgan fingerprint density at radius 2 is 2.07 bits per heavy atom. The zero-order valence-electron chi connectivity index (χ0n) is 14.8. The summed E-state index contributed by atoms with van der Waals surface area (Å²) in [5, 5.41) is 3.44. The Balaban J connectivity index is 0.00000210. The molecule has 7 heteroatoms. The Kier molecular flexibility index (Phi) is 5.77. The van der Waals surface area contributed by atoms with E-state index in [-0.39, 0.29) is 23.5 Å². The molecule has 2 aliphatic rings. The zero-order valence-corrected chi connectivity index (χ0v) is 15.6. The number of nitrogens with one attached hydrogen (secondary N) is 1. The normalized spacial score (nSPS) is 23.8. The van der Waals surface area contributed by atoms with E-state index < -0.39 is 17.5 Å². The molecule has 1 aromatic heterocycles. The van der Waals surface area contributed by atoms with Gasteiger partial charge in [-0.2, -0.15) is 0 Å². The van der Waals surface area contributed by atoms with Gasteiger partial charge < -0.3 is 10.2 Å². The van der Waals surface area contributed by atoms with E-state index in [0.29, 0.717) is 25.1 Å². The fraction of sp³-hybridized carbons (Fsp3) is 0.400. The van der Waals surface area contributed by atoms with Crippen molar-refractivity contribution in [1.29, 1.82) is 0 Å². The lowest BCUT2D eigenvalue weighted by atomic mass is 9.76. The lowest BCUT2D eigenvalue weighted by molar-refractivity contribution is 0.0758. The van der Waals surface area contributed by atoms with Crippen LogP contribution < -0.4 is 5.32 Å². The van der Waals surface area contributed by atoms with Crippen LogP contribution in [0.1, 0.15) is 22.5 Å². The van der Waals surface area contributed by atoms with Crippen molar-refractivity contribution in [3.63, 3.8) is 0 Å². The first-order valence-electron chi connectivity index (χ1n) is 8.92. The average Bonchev–Trinajstić information content (AvgIpc) is 3.18. The number of likely N-dealkylation sites (tertiary alicyclic amines) is 1. The molecule has 3 heterocycles. The fourth-order valence-corrected chi connectivity index (χ4v) is 4.30. The van der Waals surface area contributed by atoms with Crippen molar-refractivity contribution < 1.29 is 13.6 Å². The first-order chi connectivity index (χ1) is 12.6. The molecule has 0 radical (unpaired) electrons. The van der Waals surface area contributed by atoms with Gasteiger partial charge in [-0.05, 0) is 24.3 Å². The third-order valence-electron chi connectivity index (χ3n) is 5.73. The lowest BCUT2D eigenvalue weighted by Crippen LogP contribution is -2.36. The fourth-order valence-electron chi connectivity index (χ4n) is 4.30. The van der Waals surface area contributed by atoms with Crippen molar-refractivity contribution in [1.82, 2.24) is 15.2 Å². The van der Waals surface area contributed by atoms with E-state index in [1.54, 1.807) is 4.90 Å². The number of carbonyl (C=O) groups is 1. The van der Waals surface area contributed by atoms with Crippen LogP contribution in [0.15, 0.2) is 42.6 Å². The summed E-state index contributed by atoms with van der Waals surface area (Å²) >= 11 is 0. The van der Waals surface area contributed by atoms with Crippen molar-refractivity contribution in [3.8, 4) is 0 Å². The summed E-state index contributed by atoms with van der Waals surface area (Å²) in [6.45, 7) is 2.87. The molecule has 2 atom stereocenters. The van der Waals surface area contributed by atoms with Crippen LogP contribution in [-0.4, -0.2) is 42.0 Å². The third-order valence-corrected chi connectivity index (χ3v) is 5.73. The van der Waals surface area contributed by atoms with E-state index in [4.69, 9.17) is 0 Å². The van der Waals surface area contributed by atoms with E-state index in [0.717, 1.165) is 32.1 Å². The Hall–Kier alpha value is -2.05. The van der Waals surface area contributed by atoms with Crippen molar-refractivity contribution in [3.05, 3.63) is 65.5 Å². The molecule has 0 aliphatic carbocycles. The van der Waals surface area contributed by atoms with Crippen LogP contribution >= 0.6 is 12.4 Å². The van der Waals surface area contributed by atoms with E-state index in [9.17, 15) is 13.6 Å². The standard InChI is InChI=1S/C20H21F2N3O.ClH/c21-16-8-17(22)18(24-10-16)19(26)25-11-15-9-23-12-20(15,13-25)7-6-14-4-2-1-3-5-14;/h1-5,8,10,15,23H,6-7,9,11-13H2;1H. The molecule has 1 N–H and O–H groups in total. The van der Waals surface area contributed by atoms with Crippen LogP contribution in [-0.2, 0) is 6.42 Å². The Labute approximate surface area is 163 Å². The molecule has 4 rings (SSSR count). The van der Waals surface area contributed by atoms with Gasteiger partial charge in [-0.1, -0.05) is 30.3 Å². The summed E-state index contributed by atoms with van der Waals surface area (Å²) in [5.74, 6) is -1.78. The summed E-state index contributed by atoms with van der Waals surface area (Å²) < 4.78 is 27.0. The van der Waals surface area contributed by atoms with Crippen LogP contribution in [0.5, 0.6) is 0 Å². The quantitative estimate of drug-likeness (QED) is 0.868. The minimum atomic E-state index is -0.900. The van der Waals surface area contributed by atoms with Gasteiger partial charge in [0.05, 0.1) is 6.20 Å². The Morgan fingerprint density at radius 1 is 1.30 bits per heavy atom. The number of halogens is 3. The maximum atomic E-state index is 13.9.